The summed E-state index contributed by atoms with van der Waals surface area (Å²) in [6, 6.07) is 95.6. The van der Waals surface area contributed by atoms with Crippen LogP contribution in [-0.4, -0.2) is 0 Å². The third-order valence-electron chi connectivity index (χ3n) is 13.9. The van der Waals surface area contributed by atoms with E-state index in [1.807, 2.05) is 60.7 Å². The van der Waals surface area contributed by atoms with Crippen LogP contribution in [0.25, 0.3) is 11.1 Å². The van der Waals surface area contributed by atoms with Gasteiger partial charge < -0.3 is 9.46 Å². The predicted molar refractivity (Wildman–Crippen MR) is 270 cm³/mol. The summed E-state index contributed by atoms with van der Waals surface area (Å²) < 4.78 is 15.7. The van der Waals surface area contributed by atoms with Gasteiger partial charge in [0, 0.05) is 21.6 Å². The van der Waals surface area contributed by atoms with Crippen molar-refractivity contribution in [3.05, 3.63) is 311 Å². The number of hydrogen-bond donors (Lipinski definition) is 0. The molecule has 65 heavy (non-hydrogen) atoms. The second-order valence-electron chi connectivity index (χ2n) is 17.1. The van der Waals surface area contributed by atoms with Gasteiger partial charge >= 0.3 is 0 Å². The molecule has 0 amide bonds. The lowest BCUT2D eigenvalue weighted by Gasteiger charge is -2.47. The van der Waals surface area contributed by atoms with E-state index in [9.17, 15) is 0 Å². The lowest BCUT2D eigenvalue weighted by Crippen LogP contribution is -2.38. The van der Waals surface area contributed by atoms with Crippen molar-refractivity contribution < 1.29 is 4.57 Å². The molecule has 3 heteroatoms. The molecule has 1 heterocycles. The van der Waals surface area contributed by atoms with Crippen molar-refractivity contribution in [1.82, 2.24) is 0 Å². The molecule has 10 aromatic rings. The van der Waals surface area contributed by atoms with Gasteiger partial charge in [0.2, 0.25) is 0 Å². The van der Waals surface area contributed by atoms with Crippen LogP contribution < -0.4 is 20.8 Å². The lowest BCUT2D eigenvalue weighted by atomic mass is 9.60. The van der Waals surface area contributed by atoms with E-state index in [1.165, 1.54) is 50.1 Å². The first-order valence-electron chi connectivity index (χ1n) is 22.4. The van der Waals surface area contributed by atoms with Gasteiger partial charge in [-0.05, 0) is 79.9 Å². The summed E-state index contributed by atoms with van der Waals surface area (Å²) in [6.07, 6.45) is 0. The van der Waals surface area contributed by atoms with Crippen molar-refractivity contribution in [2.75, 3.05) is 4.90 Å². The molecule has 0 atom stereocenters. The van der Waals surface area contributed by atoms with Crippen LogP contribution in [0.4, 0.5) is 17.1 Å². The average Bonchev–Trinajstić information content (AvgIpc) is 3.70. The van der Waals surface area contributed by atoms with Crippen molar-refractivity contribution in [3.8, 4) is 11.1 Å². The first-order valence-corrected chi connectivity index (χ1v) is 24.1. The summed E-state index contributed by atoms with van der Waals surface area (Å²) in [6.45, 7) is 0. The number of fused-ring (bicyclic) bond motifs is 5. The summed E-state index contributed by atoms with van der Waals surface area (Å²) in [4.78, 5) is 2.45. The zero-order valence-electron chi connectivity index (χ0n) is 35.7. The third-order valence-corrected chi connectivity index (χ3v) is 17.0. The Morgan fingerprint density at radius 1 is 0.292 bits per heavy atom. The second-order valence-corrected chi connectivity index (χ2v) is 19.8. The summed E-state index contributed by atoms with van der Waals surface area (Å²) >= 11 is 0. The quantitative estimate of drug-likeness (QED) is 0.142. The Bertz CT molecular complexity index is 3260. The second kappa shape index (κ2) is 15.5. The molecule has 0 radical (unpaired) electrons. The van der Waals surface area contributed by atoms with Crippen LogP contribution in [0.5, 0.6) is 0 Å². The third kappa shape index (κ3) is 5.71. The fourth-order valence-electron chi connectivity index (χ4n) is 11.2. The molecule has 1 aliphatic heterocycles. The molecule has 12 rings (SSSR count). The zero-order valence-corrected chi connectivity index (χ0v) is 36.6. The Morgan fingerprint density at radius 2 is 0.662 bits per heavy atom. The highest BCUT2D eigenvalue weighted by molar-refractivity contribution is 7.85. The molecule has 2 nitrogen and oxygen atoms in total. The molecule has 308 valence electrons. The maximum atomic E-state index is 15.7. The fraction of sp³-hybridized carbons (Fsp3) is 0.0323. The average molecular weight is 850 g/mol. The summed E-state index contributed by atoms with van der Waals surface area (Å²) in [5.41, 5.74) is 14.0. The van der Waals surface area contributed by atoms with Gasteiger partial charge in [0.25, 0.3) is 0 Å². The minimum atomic E-state index is -3.23. The number of anilines is 3. The fourth-order valence-corrected chi connectivity index (χ4v) is 13.9. The number of para-hydroxylation sites is 2. The Labute approximate surface area is 381 Å². The van der Waals surface area contributed by atoms with Crippen LogP contribution in [0.15, 0.2) is 267 Å². The highest BCUT2D eigenvalue weighted by atomic mass is 31.2. The molecule has 1 aliphatic carbocycles. The standard InChI is InChI=1S/C62H44NOP/c64-65(50-28-12-4-13-29-50,51-30-14-5-15-31-51)52-41-38-47(39-42-52)62(55-34-18-16-32-53(55)54-33-17-19-35-56(54)62)48-40-43-60-58(44-48)61(45-22-6-1-7-23-45,46-24-8-2-9-25-46)57-36-20-21-37-59(57)63(60)49-26-10-3-11-27-49/h1-44H. The van der Waals surface area contributed by atoms with Crippen molar-refractivity contribution in [3.63, 3.8) is 0 Å². The summed E-state index contributed by atoms with van der Waals surface area (Å²) in [5.74, 6) is 0. The number of hydrogen-bond acceptors (Lipinski definition) is 2. The lowest BCUT2D eigenvalue weighted by molar-refractivity contribution is 0.592. The van der Waals surface area contributed by atoms with E-state index in [1.54, 1.807) is 0 Å². The highest BCUT2D eigenvalue weighted by Gasteiger charge is 2.50. The maximum Gasteiger partial charge on any atom is 0.171 e. The zero-order chi connectivity index (χ0) is 43.4. The van der Waals surface area contributed by atoms with Gasteiger partial charge in [-0.3, -0.25) is 0 Å². The highest BCUT2D eigenvalue weighted by Crippen LogP contribution is 2.61. The van der Waals surface area contributed by atoms with E-state index in [4.69, 9.17) is 0 Å². The molecule has 0 bridgehead atoms. The van der Waals surface area contributed by atoms with Gasteiger partial charge in [0.05, 0.1) is 22.2 Å². The van der Waals surface area contributed by atoms with Crippen LogP contribution in [0.3, 0.4) is 0 Å². The number of benzene rings is 10. The van der Waals surface area contributed by atoms with E-state index in [0.29, 0.717) is 0 Å². The SMILES string of the molecule is O=P(c1ccccc1)(c1ccccc1)c1ccc(C2(c3ccc4c(c3)C(c3ccccc3)(c3ccccc3)c3ccccc3N4c3ccccc3)c3ccccc3-c3ccccc32)cc1. The van der Waals surface area contributed by atoms with Crippen LogP contribution >= 0.6 is 7.14 Å². The Balaban J connectivity index is 1.18. The molecular weight excluding hydrogens is 806 g/mol. The largest absolute Gasteiger partial charge is 0.310 e. The first-order chi connectivity index (χ1) is 32.1. The summed E-state index contributed by atoms with van der Waals surface area (Å²) in [5, 5.41) is 2.45. The Morgan fingerprint density at radius 3 is 1.20 bits per heavy atom. The molecule has 0 aromatic heterocycles. The maximum absolute atomic E-state index is 15.7. The minimum absolute atomic E-state index is 0.684. The molecule has 10 aromatic carbocycles. The predicted octanol–water partition coefficient (Wildman–Crippen LogP) is 13.9. The van der Waals surface area contributed by atoms with Crippen LogP contribution in [-0.2, 0) is 15.4 Å². The molecule has 0 spiro atoms. The molecule has 0 saturated carbocycles. The van der Waals surface area contributed by atoms with Crippen molar-refractivity contribution >= 4 is 40.1 Å². The van der Waals surface area contributed by atoms with Gasteiger partial charge in [0.1, 0.15) is 0 Å². The van der Waals surface area contributed by atoms with E-state index in [2.05, 4.69) is 211 Å². The topological polar surface area (TPSA) is 20.3 Å². The number of nitrogens with zero attached hydrogens (tertiary/aromatic N) is 1. The van der Waals surface area contributed by atoms with E-state index in [0.717, 1.165) is 38.5 Å². The van der Waals surface area contributed by atoms with Gasteiger partial charge in [-0.25, -0.2) is 0 Å². The normalized spacial score (nSPS) is 14.1. The van der Waals surface area contributed by atoms with Crippen molar-refractivity contribution in [2.24, 2.45) is 0 Å². The van der Waals surface area contributed by atoms with Gasteiger partial charge in [0.15, 0.2) is 7.14 Å². The smallest absolute Gasteiger partial charge is 0.171 e. The van der Waals surface area contributed by atoms with Gasteiger partial charge in [-0.1, -0.05) is 243 Å². The van der Waals surface area contributed by atoms with Gasteiger partial charge in [-0.2, -0.15) is 0 Å². The van der Waals surface area contributed by atoms with Crippen LogP contribution in [0.2, 0.25) is 0 Å². The van der Waals surface area contributed by atoms with E-state index < -0.39 is 18.0 Å². The van der Waals surface area contributed by atoms with Crippen LogP contribution in [0, 0.1) is 0 Å². The molecule has 0 N–H and O–H groups in total. The van der Waals surface area contributed by atoms with Gasteiger partial charge in [-0.15, -0.1) is 0 Å². The van der Waals surface area contributed by atoms with E-state index >= 15 is 4.57 Å². The Hall–Kier alpha value is -7.77. The van der Waals surface area contributed by atoms with Crippen molar-refractivity contribution in [1.29, 1.82) is 0 Å². The summed E-state index contributed by atoms with van der Waals surface area (Å²) in [7, 11) is -3.23. The molecule has 0 unspecified atom stereocenters. The monoisotopic (exact) mass is 849 g/mol. The van der Waals surface area contributed by atoms with Crippen LogP contribution in [0.1, 0.15) is 44.5 Å². The van der Waals surface area contributed by atoms with Crippen molar-refractivity contribution in [2.45, 2.75) is 10.8 Å². The number of rotatable bonds is 8. The molecular formula is C62H44NOP. The molecule has 2 aliphatic rings. The van der Waals surface area contributed by atoms with E-state index in [-0.39, 0.29) is 0 Å². The molecule has 0 saturated heterocycles. The Kier molecular flexibility index (Phi) is 9.26. The first kappa shape index (κ1) is 38.9. The molecule has 0 fully saturated rings. The minimum Gasteiger partial charge on any atom is -0.310 e.